The van der Waals surface area contributed by atoms with Crippen LogP contribution in [-0.2, 0) is 0 Å². The van der Waals surface area contributed by atoms with Crippen LogP contribution in [0.15, 0.2) is 77.2 Å². The van der Waals surface area contributed by atoms with Crippen LogP contribution in [0.25, 0.3) is 22.9 Å². The lowest BCUT2D eigenvalue weighted by atomic mass is 10.1. The molecule has 0 aliphatic heterocycles. The van der Waals surface area contributed by atoms with Crippen LogP contribution in [0.4, 0.5) is 5.69 Å². The number of anilines is 1. The Bertz CT molecular complexity index is 1150. The first kappa shape index (κ1) is 19.2. The first-order valence-corrected chi connectivity index (χ1v) is 9.20. The van der Waals surface area contributed by atoms with E-state index in [2.05, 4.69) is 15.5 Å². The molecular weight excluding hydrogens is 382 g/mol. The molecule has 0 saturated heterocycles. The maximum Gasteiger partial charge on any atom is 0.255 e. The summed E-state index contributed by atoms with van der Waals surface area (Å²) in [5, 5.41) is 11.1. The van der Waals surface area contributed by atoms with Crippen LogP contribution in [0.3, 0.4) is 0 Å². The van der Waals surface area contributed by atoms with E-state index in [1.807, 2.05) is 42.5 Å². The molecule has 4 aromatic rings. The lowest BCUT2D eigenvalue weighted by Crippen LogP contribution is -2.12. The molecule has 7 nitrogen and oxygen atoms in total. The van der Waals surface area contributed by atoms with Crippen molar-refractivity contribution in [3.05, 3.63) is 78.4 Å². The molecule has 1 N–H and O–H groups in total. The molecule has 0 spiro atoms. The maximum atomic E-state index is 12.5. The summed E-state index contributed by atoms with van der Waals surface area (Å²) in [5.41, 5.74) is 2.71. The molecule has 0 unspecified atom stereocenters. The highest BCUT2D eigenvalue weighted by atomic mass is 16.5. The number of benzene rings is 3. The monoisotopic (exact) mass is 401 g/mol. The van der Waals surface area contributed by atoms with E-state index < -0.39 is 0 Å². The van der Waals surface area contributed by atoms with Crippen LogP contribution in [0.1, 0.15) is 10.4 Å². The summed E-state index contributed by atoms with van der Waals surface area (Å²) in [7, 11) is 3.07. The lowest BCUT2D eigenvalue weighted by molar-refractivity contribution is 0.102. The van der Waals surface area contributed by atoms with Crippen molar-refractivity contribution in [2.45, 2.75) is 0 Å². The molecule has 0 saturated carbocycles. The van der Waals surface area contributed by atoms with Gasteiger partial charge in [0.1, 0.15) is 0 Å². The van der Waals surface area contributed by atoms with Gasteiger partial charge in [-0.1, -0.05) is 18.2 Å². The molecule has 1 heterocycles. The molecule has 0 atom stereocenters. The number of methoxy groups -OCH3 is 2. The SMILES string of the molecule is COc1ccc(C(=O)Nc2ccc(-c3nnc(-c4ccccc4)o3)cc2)cc1OC. The minimum atomic E-state index is -0.257. The Balaban J connectivity index is 1.48. The van der Waals surface area contributed by atoms with Crippen molar-refractivity contribution in [1.82, 2.24) is 10.2 Å². The second-order valence-corrected chi connectivity index (χ2v) is 6.38. The van der Waals surface area contributed by atoms with Gasteiger partial charge in [-0.3, -0.25) is 4.79 Å². The molecule has 1 aromatic heterocycles. The van der Waals surface area contributed by atoms with E-state index in [0.29, 0.717) is 34.5 Å². The Morgan fingerprint density at radius 3 is 2.07 bits per heavy atom. The zero-order valence-corrected chi connectivity index (χ0v) is 16.5. The van der Waals surface area contributed by atoms with E-state index in [1.54, 1.807) is 37.4 Å². The topological polar surface area (TPSA) is 86.5 Å². The summed E-state index contributed by atoms with van der Waals surface area (Å²) in [4.78, 5) is 12.5. The summed E-state index contributed by atoms with van der Waals surface area (Å²) in [6, 6.07) is 21.7. The minimum absolute atomic E-state index is 0.257. The first-order valence-electron chi connectivity index (χ1n) is 9.20. The lowest BCUT2D eigenvalue weighted by Gasteiger charge is -2.10. The molecule has 150 valence electrons. The number of rotatable bonds is 6. The zero-order chi connectivity index (χ0) is 20.9. The Labute approximate surface area is 173 Å². The number of carbonyl (C=O) groups excluding carboxylic acids is 1. The van der Waals surface area contributed by atoms with Gasteiger partial charge in [0.2, 0.25) is 11.8 Å². The third-order valence-electron chi connectivity index (χ3n) is 4.48. The largest absolute Gasteiger partial charge is 0.493 e. The number of amides is 1. The summed E-state index contributed by atoms with van der Waals surface area (Å²) in [5.74, 6) is 1.66. The molecule has 30 heavy (non-hydrogen) atoms. The van der Waals surface area contributed by atoms with Gasteiger partial charge in [-0.15, -0.1) is 10.2 Å². The Kier molecular flexibility index (Phi) is 5.43. The number of aromatic nitrogens is 2. The molecular formula is C23H19N3O4. The number of ether oxygens (including phenoxy) is 2. The molecule has 1 amide bonds. The first-order chi connectivity index (χ1) is 14.7. The Morgan fingerprint density at radius 1 is 0.800 bits per heavy atom. The van der Waals surface area contributed by atoms with Gasteiger partial charge in [0, 0.05) is 22.4 Å². The van der Waals surface area contributed by atoms with Gasteiger partial charge in [0.05, 0.1) is 14.2 Å². The fourth-order valence-electron chi connectivity index (χ4n) is 2.91. The Morgan fingerprint density at radius 2 is 1.43 bits per heavy atom. The van der Waals surface area contributed by atoms with Crippen LogP contribution in [0.5, 0.6) is 11.5 Å². The van der Waals surface area contributed by atoms with Crippen molar-refractivity contribution in [3.63, 3.8) is 0 Å². The average molecular weight is 401 g/mol. The van der Waals surface area contributed by atoms with E-state index in [1.165, 1.54) is 7.11 Å². The number of hydrogen-bond donors (Lipinski definition) is 1. The molecule has 0 bridgehead atoms. The summed E-state index contributed by atoms with van der Waals surface area (Å²) in [6.45, 7) is 0. The van der Waals surface area contributed by atoms with Crippen LogP contribution < -0.4 is 14.8 Å². The summed E-state index contributed by atoms with van der Waals surface area (Å²) < 4.78 is 16.2. The van der Waals surface area contributed by atoms with E-state index >= 15 is 0 Å². The van der Waals surface area contributed by atoms with Gasteiger partial charge in [0.25, 0.3) is 5.91 Å². The van der Waals surface area contributed by atoms with Crippen molar-refractivity contribution in [1.29, 1.82) is 0 Å². The van der Waals surface area contributed by atoms with Gasteiger partial charge in [-0.05, 0) is 54.6 Å². The second-order valence-electron chi connectivity index (χ2n) is 6.38. The van der Waals surface area contributed by atoms with Crippen molar-refractivity contribution in [2.75, 3.05) is 19.5 Å². The molecule has 0 aliphatic rings. The number of nitrogens with zero attached hydrogens (tertiary/aromatic N) is 2. The zero-order valence-electron chi connectivity index (χ0n) is 16.5. The average Bonchev–Trinajstić information content (AvgIpc) is 3.30. The van der Waals surface area contributed by atoms with E-state index in [9.17, 15) is 4.79 Å². The predicted octanol–water partition coefficient (Wildman–Crippen LogP) is 4.67. The number of hydrogen-bond acceptors (Lipinski definition) is 6. The van der Waals surface area contributed by atoms with Crippen molar-refractivity contribution in [2.24, 2.45) is 0 Å². The second kappa shape index (κ2) is 8.48. The molecule has 3 aromatic carbocycles. The molecule has 7 heteroatoms. The van der Waals surface area contributed by atoms with E-state index in [0.717, 1.165) is 11.1 Å². The summed E-state index contributed by atoms with van der Waals surface area (Å²) in [6.07, 6.45) is 0. The van der Waals surface area contributed by atoms with Crippen LogP contribution in [0, 0.1) is 0 Å². The van der Waals surface area contributed by atoms with Gasteiger partial charge >= 0.3 is 0 Å². The third kappa shape index (κ3) is 4.00. The normalized spacial score (nSPS) is 10.5. The molecule has 0 radical (unpaired) electrons. The van der Waals surface area contributed by atoms with Gasteiger partial charge in [0.15, 0.2) is 11.5 Å². The maximum absolute atomic E-state index is 12.5. The van der Waals surface area contributed by atoms with Gasteiger partial charge in [-0.25, -0.2) is 0 Å². The van der Waals surface area contributed by atoms with Gasteiger partial charge in [-0.2, -0.15) is 0 Å². The molecule has 0 aliphatic carbocycles. The minimum Gasteiger partial charge on any atom is -0.493 e. The van der Waals surface area contributed by atoms with Crippen molar-refractivity contribution >= 4 is 11.6 Å². The highest BCUT2D eigenvalue weighted by molar-refractivity contribution is 6.04. The van der Waals surface area contributed by atoms with Gasteiger partial charge < -0.3 is 19.2 Å². The smallest absolute Gasteiger partial charge is 0.255 e. The van der Waals surface area contributed by atoms with Crippen molar-refractivity contribution in [3.8, 4) is 34.4 Å². The Hall–Kier alpha value is -4.13. The number of carbonyl (C=O) groups is 1. The fraction of sp³-hybridized carbons (Fsp3) is 0.0870. The fourth-order valence-corrected chi connectivity index (χ4v) is 2.91. The predicted molar refractivity (Wildman–Crippen MR) is 113 cm³/mol. The van der Waals surface area contributed by atoms with E-state index in [4.69, 9.17) is 13.9 Å². The summed E-state index contributed by atoms with van der Waals surface area (Å²) >= 11 is 0. The van der Waals surface area contributed by atoms with Crippen LogP contribution in [0.2, 0.25) is 0 Å². The molecule has 4 rings (SSSR count). The highest BCUT2D eigenvalue weighted by Gasteiger charge is 2.13. The third-order valence-corrected chi connectivity index (χ3v) is 4.48. The quantitative estimate of drug-likeness (QED) is 0.505. The van der Waals surface area contributed by atoms with Crippen molar-refractivity contribution < 1.29 is 18.7 Å². The standard InChI is InChI=1S/C23H19N3O4/c1-28-19-13-10-17(14-20(19)29-2)21(27)24-18-11-8-16(9-12-18)23-26-25-22(30-23)15-6-4-3-5-7-15/h3-14H,1-2H3,(H,24,27). The highest BCUT2D eigenvalue weighted by Crippen LogP contribution is 2.28. The molecule has 0 fully saturated rings. The van der Waals surface area contributed by atoms with Crippen LogP contribution >= 0.6 is 0 Å². The van der Waals surface area contributed by atoms with Crippen LogP contribution in [-0.4, -0.2) is 30.3 Å². The number of nitrogens with one attached hydrogen (secondary N) is 1. The van der Waals surface area contributed by atoms with E-state index in [-0.39, 0.29) is 5.91 Å².